The topological polar surface area (TPSA) is 90.0 Å². The molecule has 3 rings (SSSR count). The van der Waals surface area contributed by atoms with Crippen LogP contribution in [0.15, 0.2) is 23.6 Å². The van der Waals surface area contributed by atoms with Gasteiger partial charge in [0.15, 0.2) is 5.69 Å². The average molecular weight is 391 g/mol. The molecule has 1 aliphatic rings. The Morgan fingerprint density at radius 2 is 1.85 bits per heavy atom. The molecule has 0 spiro atoms. The van der Waals surface area contributed by atoms with E-state index in [1.807, 2.05) is 0 Å². The maximum Gasteiger partial charge on any atom is 0.357 e. The Labute approximate surface area is 161 Å². The molecule has 8 nitrogen and oxygen atoms in total. The van der Waals surface area contributed by atoms with E-state index in [-0.39, 0.29) is 17.8 Å². The van der Waals surface area contributed by atoms with Crippen LogP contribution >= 0.6 is 11.3 Å². The van der Waals surface area contributed by atoms with Crippen LogP contribution in [0.3, 0.4) is 0 Å². The molecular weight excluding hydrogens is 370 g/mol. The fraction of sp³-hybridized carbons (Fsp3) is 0.389. The number of carbonyl (C=O) groups is 2. The molecular formula is C18H21N3O5S. The average Bonchev–Trinajstić information content (AvgIpc) is 3.42. The smallest absolute Gasteiger partial charge is 0.357 e. The molecule has 27 heavy (non-hydrogen) atoms. The Morgan fingerprint density at radius 3 is 2.41 bits per heavy atom. The lowest BCUT2D eigenvalue weighted by Crippen LogP contribution is -2.36. The molecule has 0 bridgehead atoms. The van der Waals surface area contributed by atoms with Crippen LogP contribution in [0.4, 0.5) is 10.5 Å². The van der Waals surface area contributed by atoms with Gasteiger partial charge in [-0.05, 0) is 12.8 Å². The summed E-state index contributed by atoms with van der Waals surface area (Å²) >= 11 is 1.33. The predicted octanol–water partition coefficient (Wildman–Crippen LogP) is 3.14. The number of nitrogens with zero attached hydrogens (tertiary/aromatic N) is 2. The quantitative estimate of drug-likeness (QED) is 0.729. The zero-order valence-electron chi connectivity index (χ0n) is 15.4. The van der Waals surface area contributed by atoms with Crippen LogP contribution in [0.25, 0.3) is 0 Å². The number of nitrogens with one attached hydrogen (secondary N) is 1. The third-order valence-electron chi connectivity index (χ3n) is 4.10. The maximum atomic E-state index is 12.8. The van der Waals surface area contributed by atoms with Gasteiger partial charge >= 0.3 is 12.0 Å². The minimum Gasteiger partial charge on any atom is -0.497 e. The number of anilines is 1. The molecule has 1 heterocycles. The minimum absolute atomic E-state index is 0.169. The summed E-state index contributed by atoms with van der Waals surface area (Å²) in [5, 5.41) is 5.20. The zero-order chi connectivity index (χ0) is 19.4. The molecule has 0 aliphatic heterocycles. The number of aromatic nitrogens is 1. The number of urea groups is 1. The number of benzene rings is 1. The Morgan fingerprint density at radius 1 is 1.19 bits per heavy atom. The van der Waals surface area contributed by atoms with Crippen molar-refractivity contribution in [2.45, 2.75) is 25.4 Å². The molecule has 2 aromatic rings. The van der Waals surface area contributed by atoms with Crippen LogP contribution in [-0.4, -0.2) is 49.3 Å². The number of rotatable bonds is 7. The predicted molar refractivity (Wildman–Crippen MR) is 101 cm³/mol. The van der Waals surface area contributed by atoms with Crippen LogP contribution in [0.1, 0.15) is 28.3 Å². The standard InChI is InChI=1S/C18H21N3O5S/c1-24-13-6-11(7-14(8-13)25-2)19-18(23)21(12-4-5-12)9-16-20-15(10-27-16)17(22)26-3/h6-8,10,12H,4-5,9H2,1-3H3,(H,19,23). The molecule has 2 amide bonds. The van der Waals surface area contributed by atoms with Crippen molar-refractivity contribution in [2.75, 3.05) is 26.6 Å². The first-order valence-corrected chi connectivity index (χ1v) is 9.25. The number of hydrogen-bond acceptors (Lipinski definition) is 7. The summed E-state index contributed by atoms with van der Waals surface area (Å²) in [6.45, 7) is 0.333. The van der Waals surface area contributed by atoms with Gasteiger partial charge in [-0.3, -0.25) is 0 Å². The van der Waals surface area contributed by atoms with Crippen molar-refractivity contribution >= 4 is 29.0 Å². The van der Waals surface area contributed by atoms with E-state index in [4.69, 9.17) is 9.47 Å². The van der Waals surface area contributed by atoms with Gasteiger partial charge in [0.1, 0.15) is 16.5 Å². The minimum atomic E-state index is -0.483. The van der Waals surface area contributed by atoms with E-state index in [1.165, 1.54) is 18.4 Å². The molecule has 0 atom stereocenters. The number of methoxy groups -OCH3 is 3. The molecule has 0 saturated heterocycles. The maximum absolute atomic E-state index is 12.8. The van der Waals surface area contributed by atoms with Gasteiger partial charge < -0.3 is 24.4 Å². The summed E-state index contributed by atoms with van der Waals surface area (Å²) in [4.78, 5) is 30.4. The first kappa shape index (κ1) is 19.0. The molecule has 0 unspecified atom stereocenters. The SMILES string of the molecule is COC(=O)c1csc(CN(C(=O)Nc2cc(OC)cc(OC)c2)C2CC2)n1. The summed E-state index contributed by atoms with van der Waals surface area (Å²) in [5.74, 6) is 0.693. The zero-order valence-corrected chi connectivity index (χ0v) is 16.2. The summed E-state index contributed by atoms with van der Waals surface area (Å²) in [7, 11) is 4.42. The third kappa shape index (κ3) is 4.68. The molecule has 0 radical (unpaired) electrons. The van der Waals surface area contributed by atoms with E-state index in [0.717, 1.165) is 12.8 Å². The third-order valence-corrected chi connectivity index (χ3v) is 4.94. The summed E-state index contributed by atoms with van der Waals surface area (Å²) in [5.41, 5.74) is 0.836. The van der Waals surface area contributed by atoms with Crippen molar-refractivity contribution in [3.05, 3.63) is 34.3 Å². The van der Waals surface area contributed by atoms with Gasteiger partial charge in [0, 0.05) is 35.3 Å². The van der Waals surface area contributed by atoms with Gasteiger partial charge in [-0.2, -0.15) is 0 Å². The number of esters is 1. The van der Waals surface area contributed by atoms with E-state index in [2.05, 4.69) is 15.0 Å². The summed E-state index contributed by atoms with van der Waals surface area (Å²) in [6.07, 6.45) is 1.90. The van der Waals surface area contributed by atoms with E-state index in [9.17, 15) is 9.59 Å². The largest absolute Gasteiger partial charge is 0.497 e. The van der Waals surface area contributed by atoms with Gasteiger partial charge in [0.05, 0.1) is 27.9 Å². The van der Waals surface area contributed by atoms with E-state index in [1.54, 1.807) is 42.7 Å². The van der Waals surface area contributed by atoms with Crippen molar-refractivity contribution in [2.24, 2.45) is 0 Å². The molecule has 1 saturated carbocycles. The second kappa shape index (κ2) is 8.26. The molecule has 1 N–H and O–H groups in total. The normalized spacial score (nSPS) is 13.0. The first-order chi connectivity index (χ1) is 13.0. The second-order valence-corrected chi connectivity index (χ2v) is 6.95. The van der Waals surface area contributed by atoms with Crippen molar-refractivity contribution in [3.8, 4) is 11.5 Å². The lowest BCUT2D eigenvalue weighted by Gasteiger charge is -2.22. The van der Waals surface area contributed by atoms with Crippen LogP contribution in [0.2, 0.25) is 0 Å². The first-order valence-electron chi connectivity index (χ1n) is 8.37. The highest BCUT2D eigenvalue weighted by molar-refractivity contribution is 7.09. The van der Waals surface area contributed by atoms with Crippen molar-refractivity contribution in [1.29, 1.82) is 0 Å². The highest BCUT2D eigenvalue weighted by Crippen LogP contribution is 2.31. The fourth-order valence-corrected chi connectivity index (χ4v) is 3.32. The highest BCUT2D eigenvalue weighted by atomic mass is 32.1. The Bertz CT molecular complexity index is 812. The molecule has 1 fully saturated rings. The van der Waals surface area contributed by atoms with Gasteiger partial charge in [-0.1, -0.05) is 0 Å². The molecule has 1 aromatic carbocycles. The number of ether oxygens (including phenoxy) is 3. The summed E-state index contributed by atoms with van der Waals surface area (Å²) < 4.78 is 15.1. The van der Waals surface area contributed by atoms with Crippen LogP contribution in [0, 0.1) is 0 Å². The summed E-state index contributed by atoms with van der Waals surface area (Å²) in [6, 6.07) is 5.12. The van der Waals surface area contributed by atoms with Crippen LogP contribution in [-0.2, 0) is 11.3 Å². The van der Waals surface area contributed by atoms with Gasteiger partial charge in [-0.25, -0.2) is 14.6 Å². The van der Waals surface area contributed by atoms with Crippen LogP contribution in [0.5, 0.6) is 11.5 Å². The number of hydrogen-bond donors (Lipinski definition) is 1. The molecule has 144 valence electrons. The van der Waals surface area contributed by atoms with E-state index < -0.39 is 5.97 Å². The monoisotopic (exact) mass is 391 g/mol. The number of carbonyl (C=O) groups excluding carboxylic acids is 2. The molecule has 9 heteroatoms. The molecule has 1 aliphatic carbocycles. The van der Waals surface area contributed by atoms with Crippen molar-refractivity contribution < 1.29 is 23.8 Å². The van der Waals surface area contributed by atoms with Crippen LogP contribution < -0.4 is 14.8 Å². The van der Waals surface area contributed by atoms with Gasteiger partial charge in [-0.15, -0.1) is 11.3 Å². The van der Waals surface area contributed by atoms with Crippen molar-refractivity contribution in [3.63, 3.8) is 0 Å². The second-order valence-electron chi connectivity index (χ2n) is 6.01. The van der Waals surface area contributed by atoms with Gasteiger partial charge in [0.25, 0.3) is 0 Å². The van der Waals surface area contributed by atoms with Crippen molar-refractivity contribution in [1.82, 2.24) is 9.88 Å². The van der Waals surface area contributed by atoms with E-state index in [0.29, 0.717) is 28.7 Å². The highest BCUT2D eigenvalue weighted by Gasteiger charge is 2.33. The number of thiazole rings is 1. The lowest BCUT2D eigenvalue weighted by molar-refractivity contribution is 0.0594. The van der Waals surface area contributed by atoms with E-state index >= 15 is 0 Å². The Hall–Kier alpha value is -2.81. The molecule has 1 aromatic heterocycles. The van der Waals surface area contributed by atoms with Gasteiger partial charge in [0.2, 0.25) is 0 Å². The Balaban J connectivity index is 1.73. The Kier molecular flexibility index (Phi) is 5.80. The lowest BCUT2D eigenvalue weighted by atomic mass is 10.2. The fourth-order valence-electron chi connectivity index (χ4n) is 2.56. The number of amides is 2.